The van der Waals surface area contributed by atoms with Gasteiger partial charge in [-0.2, -0.15) is 0 Å². The molecular formula is C19H29N3O2. The number of carbonyl (C=O) groups excluding carboxylic acids is 1. The smallest absolute Gasteiger partial charge is 0.238 e. The van der Waals surface area contributed by atoms with Gasteiger partial charge in [0.2, 0.25) is 5.91 Å². The molecule has 0 saturated carbocycles. The number of aliphatic hydroxyl groups excluding tert-OH is 1. The molecule has 0 radical (unpaired) electrons. The molecule has 2 fully saturated rings. The predicted molar refractivity (Wildman–Crippen MR) is 97.4 cm³/mol. The Labute approximate surface area is 144 Å². The number of para-hydroxylation sites is 2. The third kappa shape index (κ3) is 4.08. The van der Waals surface area contributed by atoms with Gasteiger partial charge in [-0.25, -0.2) is 0 Å². The minimum atomic E-state index is 0.0708. The van der Waals surface area contributed by atoms with E-state index in [4.69, 9.17) is 0 Å². The molecule has 0 bridgehead atoms. The number of hydrogen-bond acceptors (Lipinski definition) is 4. The van der Waals surface area contributed by atoms with Crippen molar-refractivity contribution in [2.24, 2.45) is 5.92 Å². The first-order chi connectivity index (χ1) is 11.7. The monoisotopic (exact) mass is 331 g/mol. The Morgan fingerprint density at radius 3 is 2.62 bits per heavy atom. The molecule has 2 aliphatic heterocycles. The summed E-state index contributed by atoms with van der Waals surface area (Å²) in [6.45, 7) is 5.83. The molecule has 132 valence electrons. The number of aliphatic hydroxyl groups is 1. The number of amides is 1. The van der Waals surface area contributed by atoms with E-state index in [0.717, 1.165) is 43.9 Å². The van der Waals surface area contributed by atoms with Gasteiger partial charge in [-0.15, -0.1) is 0 Å². The zero-order chi connectivity index (χ0) is 16.9. The van der Waals surface area contributed by atoms with E-state index in [1.165, 1.54) is 12.8 Å². The van der Waals surface area contributed by atoms with Gasteiger partial charge in [-0.3, -0.25) is 9.69 Å². The van der Waals surface area contributed by atoms with E-state index in [2.05, 4.69) is 28.1 Å². The second kappa shape index (κ2) is 7.99. The summed E-state index contributed by atoms with van der Waals surface area (Å²) in [4.78, 5) is 17.0. The van der Waals surface area contributed by atoms with E-state index in [1.54, 1.807) is 0 Å². The second-order valence-electron chi connectivity index (χ2n) is 7.14. The molecule has 0 aromatic heterocycles. The summed E-state index contributed by atoms with van der Waals surface area (Å²) in [6.07, 6.45) is 4.38. The second-order valence-corrected chi connectivity index (χ2v) is 7.14. The first-order valence-electron chi connectivity index (χ1n) is 9.16. The Kier molecular flexibility index (Phi) is 5.74. The van der Waals surface area contributed by atoms with E-state index >= 15 is 0 Å². The Morgan fingerprint density at radius 1 is 1.21 bits per heavy atom. The molecular weight excluding hydrogens is 302 g/mol. The van der Waals surface area contributed by atoms with Crippen LogP contribution in [0.3, 0.4) is 0 Å². The van der Waals surface area contributed by atoms with Crippen LogP contribution in [0.15, 0.2) is 24.3 Å². The standard InChI is InChI=1S/C19H29N3O2/c1-15-5-4-10-22(15)13-19(24)20-17-6-2-3-7-18(17)21-11-8-16(14-23)9-12-21/h2-3,6-7,15-16,23H,4-5,8-14H2,1H3,(H,20,24). The van der Waals surface area contributed by atoms with Crippen molar-refractivity contribution in [3.63, 3.8) is 0 Å². The number of likely N-dealkylation sites (tertiary alicyclic amines) is 1. The van der Waals surface area contributed by atoms with Crippen molar-refractivity contribution in [2.45, 2.75) is 38.6 Å². The first kappa shape index (κ1) is 17.2. The molecule has 5 nitrogen and oxygen atoms in total. The quantitative estimate of drug-likeness (QED) is 0.869. The number of carbonyl (C=O) groups is 1. The summed E-state index contributed by atoms with van der Waals surface area (Å²) < 4.78 is 0. The fourth-order valence-electron chi connectivity index (χ4n) is 3.81. The fourth-order valence-corrected chi connectivity index (χ4v) is 3.81. The lowest BCUT2D eigenvalue weighted by molar-refractivity contribution is -0.117. The Hall–Kier alpha value is -1.59. The lowest BCUT2D eigenvalue weighted by atomic mass is 9.97. The Balaban J connectivity index is 1.62. The number of hydrogen-bond donors (Lipinski definition) is 2. The van der Waals surface area contributed by atoms with Gasteiger partial charge >= 0.3 is 0 Å². The number of rotatable bonds is 5. The number of nitrogens with zero attached hydrogens (tertiary/aromatic N) is 2. The van der Waals surface area contributed by atoms with Crippen LogP contribution in [-0.4, -0.2) is 54.7 Å². The largest absolute Gasteiger partial charge is 0.396 e. The van der Waals surface area contributed by atoms with Crippen LogP contribution in [0, 0.1) is 5.92 Å². The van der Waals surface area contributed by atoms with Gasteiger partial charge in [0.15, 0.2) is 0 Å². The molecule has 3 rings (SSSR count). The third-order valence-electron chi connectivity index (χ3n) is 5.43. The molecule has 0 spiro atoms. The van der Waals surface area contributed by atoms with Crippen molar-refractivity contribution < 1.29 is 9.90 Å². The average molecular weight is 331 g/mol. The SMILES string of the molecule is CC1CCCN1CC(=O)Nc1ccccc1N1CCC(CO)CC1. The van der Waals surface area contributed by atoms with E-state index in [9.17, 15) is 9.90 Å². The maximum Gasteiger partial charge on any atom is 0.238 e. The molecule has 1 aromatic rings. The van der Waals surface area contributed by atoms with Crippen LogP contribution >= 0.6 is 0 Å². The number of nitrogens with one attached hydrogen (secondary N) is 1. The van der Waals surface area contributed by atoms with Crippen LogP contribution in [0.5, 0.6) is 0 Å². The van der Waals surface area contributed by atoms with Crippen LogP contribution < -0.4 is 10.2 Å². The van der Waals surface area contributed by atoms with E-state index < -0.39 is 0 Å². The van der Waals surface area contributed by atoms with Crippen LogP contribution in [0.4, 0.5) is 11.4 Å². The normalized spacial score (nSPS) is 22.8. The Bertz CT molecular complexity index is 555. The van der Waals surface area contributed by atoms with Crippen LogP contribution in [0.25, 0.3) is 0 Å². The highest BCUT2D eigenvalue weighted by atomic mass is 16.3. The number of anilines is 2. The lowest BCUT2D eigenvalue weighted by Crippen LogP contribution is -2.37. The summed E-state index contributed by atoms with van der Waals surface area (Å²) in [5.74, 6) is 0.487. The average Bonchev–Trinajstić information content (AvgIpc) is 3.00. The Morgan fingerprint density at radius 2 is 1.96 bits per heavy atom. The molecule has 1 aromatic carbocycles. The molecule has 1 amide bonds. The van der Waals surface area contributed by atoms with E-state index in [0.29, 0.717) is 18.5 Å². The van der Waals surface area contributed by atoms with Crippen molar-refractivity contribution >= 4 is 17.3 Å². The van der Waals surface area contributed by atoms with Gasteiger partial charge in [0.05, 0.1) is 17.9 Å². The highest BCUT2D eigenvalue weighted by molar-refractivity contribution is 5.95. The highest BCUT2D eigenvalue weighted by Gasteiger charge is 2.24. The van der Waals surface area contributed by atoms with Gasteiger partial charge in [0.1, 0.15) is 0 Å². The molecule has 24 heavy (non-hydrogen) atoms. The van der Waals surface area contributed by atoms with Crippen molar-refractivity contribution in [1.82, 2.24) is 4.90 Å². The number of benzene rings is 1. The van der Waals surface area contributed by atoms with Crippen LogP contribution in [0.2, 0.25) is 0 Å². The predicted octanol–water partition coefficient (Wildman–Crippen LogP) is 2.32. The fraction of sp³-hybridized carbons (Fsp3) is 0.632. The zero-order valence-electron chi connectivity index (χ0n) is 14.6. The maximum atomic E-state index is 12.4. The van der Waals surface area contributed by atoms with Crippen molar-refractivity contribution in [3.05, 3.63) is 24.3 Å². The van der Waals surface area contributed by atoms with Gasteiger partial charge in [0.25, 0.3) is 0 Å². The molecule has 5 heteroatoms. The molecule has 1 atom stereocenters. The summed E-state index contributed by atoms with van der Waals surface area (Å²) >= 11 is 0. The summed E-state index contributed by atoms with van der Waals surface area (Å²) in [5, 5.41) is 12.4. The van der Waals surface area contributed by atoms with Crippen molar-refractivity contribution in [2.75, 3.05) is 43.0 Å². The maximum absolute atomic E-state index is 12.4. The van der Waals surface area contributed by atoms with Crippen LogP contribution in [-0.2, 0) is 4.79 Å². The molecule has 2 heterocycles. The van der Waals surface area contributed by atoms with E-state index in [-0.39, 0.29) is 12.5 Å². The summed E-state index contributed by atoms with van der Waals surface area (Å²) in [5.41, 5.74) is 1.99. The highest BCUT2D eigenvalue weighted by Crippen LogP contribution is 2.29. The van der Waals surface area contributed by atoms with Crippen molar-refractivity contribution in [3.8, 4) is 0 Å². The summed E-state index contributed by atoms with van der Waals surface area (Å²) in [6, 6.07) is 8.55. The molecule has 2 N–H and O–H groups in total. The van der Waals surface area contributed by atoms with Gasteiger partial charge in [0, 0.05) is 25.7 Å². The van der Waals surface area contributed by atoms with Gasteiger partial charge < -0.3 is 15.3 Å². The van der Waals surface area contributed by atoms with Crippen LogP contribution in [0.1, 0.15) is 32.6 Å². The molecule has 1 unspecified atom stereocenters. The molecule has 0 aliphatic carbocycles. The topological polar surface area (TPSA) is 55.8 Å². The molecule has 2 aliphatic rings. The third-order valence-corrected chi connectivity index (χ3v) is 5.43. The molecule has 2 saturated heterocycles. The van der Waals surface area contributed by atoms with Gasteiger partial charge in [-0.05, 0) is 57.2 Å². The summed E-state index contributed by atoms with van der Waals surface area (Å²) in [7, 11) is 0. The van der Waals surface area contributed by atoms with E-state index in [1.807, 2.05) is 18.2 Å². The minimum Gasteiger partial charge on any atom is -0.396 e. The first-order valence-corrected chi connectivity index (χ1v) is 9.16. The minimum absolute atomic E-state index is 0.0708. The van der Waals surface area contributed by atoms with Crippen molar-refractivity contribution in [1.29, 1.82) is 0 Å². The number of piperidine rings is 1. The zero-order valence-corrected chi connectivity index (χ0v) is 14.6. The lowest BCUT2D eigenvalue weighted by Gasteiger charge is -2.34. The van der Waals surface area contributed by atoms with Gasteiger partial charge in [-0.1, -0.05) is 12.1 Å².